The van der Waals surface area contributed by atoms with Crippen LogP contribution < -0.4 is 0 Å². The predicted molar refractivity (Wildman–Crippen MR) is 268 cm³/mol. The molecule has 16 fully saturated rings. The molecule has 12 bridgehead atoms. The molecule has 16 aliphatic heterocycles. The molecule has 0 aromatic heterocycles. The number of carbonyl (C=O) groups is 1. The zero-order chi connectivity index (χ0) is 52.3. The first-order valence-electron chi connectivity index (χ1n) is 30.3. The summed E-state index contributed by atoms with van der Waals surface area (Å²) in [6.07, 6.45) is 6.53. The number of ketones is 1. The van der Waals surface area contributed by atoms with Crippen LogP contribution in [0.15, 0.2) is 24.3 Å². The van der Waals surface area contributed by atoms with Gasteiger partial charge in [-0.3, -0.25) is 4.79 Å². The summed E-state index contributed by atoms with van der Waals surface area (Å²) in [5, 5.41) is 30.2. The maximum Gasteiger partial charge on any atom is 0.177 e. The van der Waals surface area contributed by atoms with E-state index in [4.69, 9.17) is 66.3 Å². The van der Waals surface area contributed by atoms with E-state index in [1.165, 1.54) is 0 Å². The van der Waals surface area contributed by atoms with Crippen molar-refractivity contribution >= 4 is 5.78 Å². The van der Waals surface area contributed by atoms with Crippen molar-refractivity contribution in [3.63, 3.8) is 0 Å². The van der Waals surface area contributed by atoms with Crippen LogP contribution in [0.5, 0.6) is 0 Å². The second kappa shape index (κ2) is 19.8. The minimum Gasteiger partial charge on any atom is -0.394 e. The van der Waals surface area contributed by atoms with E-state index in [0.717, 1.165) is 62.5 Å². The van der Waals surface area contributed by atoms with Crippen molar-refractivity contribution in [1.82, 2.24) is 0 Å². The Morgan fingerprint density at radius 2 is 1.32 bits per heavy atom. The van der Waals surface area contributed by atoms with Crippen molar-refractivity contribution in [2.24, 2.45) is 23.7 Å². The van der Waals surface area contributed by atoms with Gasteiger partial charge in [0.25, 0.3) is 0 Å². The molecule has 3 N–H and O–H groups in total. The van der Waals surface area contributed by atoms with Crippen LogP contribution in [0, 0.1) is 23.7 Å². The predicted octanol–water partition coefficient (Wildman–Crippen LogP) is 4.95. The van der Waals surface area contributed by atoms with Gasteiger partial charge in [-0.05, 0) is 86.7 Å². The molecule has 18 nitrogen and oxygen atoms in total. The molecular weight excluding hydrogens is 997 g/mol. The van der Waals surface area contributed by atoms with Gasteiger partial charge in [-0.2, -0.15) is 0 Å². The van der Waals surface area contributed by atoms with Gasteiger partial charge in [0, 0.05) is 70.6 Å². The zero-order valence-corrected chi connectivity index (χ0v) is 45.0. The van der Waals surface area contributed by atoms with E-state index in [9.17, 15) is 20.1 Å². The molecule has 16 saturated heterocycles. The van der Waals surface area contributed by atoms with Crippen LogP contribution in [0.4, 0.5) is 0 Å². The Labute approximate surface area is 452 Å². The highest BCUT2D eigenvalue weighted by Crippen LogP contribution is 2.59. The highest BCUT2D eigenvalue weighted by Gasteiger charge is 2.72. The van der Waals surface area contributed by atoms with Crippen LogP contribution in [0.1, 0.15) is 142 Å². The Balaban J connectivity index is 0.641. The van der Waals surface area contributed by atoms with E-state index < -0.39 is 42.3 Å². The van der Waals surface area contributed by atoms with Gasteiger partial charge in [-0.25, -0.2) is 0 Å². The van der Waals surface area contributed by atoms with Gasteiger partial charge in [-0.15, -0.1) is 0 Å². The van der Waals surface area contributed by atoms with E-state index in [-0.39, 0.29) is 158 Å². The van der Waals surface area contributed by atoms with Crippen molar-refractivity contribution in [3.05, 3.63) is 24.3 Å². The Hall–Kier alpha value is -1.53. The summed E-state index contributed by atoms with van der Waals surface area (Å²) in [5.74, 6) is -1.91. The molecule has 0 aromatic carbocycles. The van der Waals surface area contributed by atoms with Gasteiger partial charge in [0.1, 0.15) is 30.2 Å². The highest BCUT2D eigenvalue weighted by atomic mass is 16.8. The SMILES string of the molecule is C=C1C[C@@H]2CC[C@@]34OC5C3CO[C@H]3[C@@H](O4)[C@H]4O[C@H](CC[C@@H]4O[C@@H]53)CC(=O)C[C@@H]3CC4OC5C[C@]6(C[C@@H]7O[C@@]8(CC[C@@H]7O6)C[C@H](C)[C@@H]6O[C@H]([C@@H](O)C[C@@H](O)CO)C[C@@H]6O8)O[C@@H]5C[C@@H]4O[C@H]3C[C@H]3O[C@@H](CC[C@@H]1O2)C[C@@H](C)C3=C. The molecule has 0 aromatic rings. The van der Waals surface area contributed by atoms with Crippen LogP contribution in [-0.2, 0) is 71.1 Å². The lowest BCUT2D eigenvalue weighted by Crippen LogP contribution is -2.70. The number of carbonyl (C=O) groups excluding carboxylic acids is 1. The Morgan fingerprint density at radius 3 is 2.21 bits per heavy atom. The number of fused-ring (bicyclic) bond motifs is 11. The summed E-state index contributed by atoms with van der Waals surface area (Å²) in [7, 11) is 0. The lowest BCUT2D eigenvalue weighted by molar-refractivity contribution is -0.397. The van der Waals surface area contributed by atoms with Crippen LogP contribution in [0.25, 0.3) is 0 Å². The molecule has 0 amide bonds. The van der Waals surface area contributed by atoms with Crippen molar-refractivity contribution in [2.45, 2.75) is 300 Å². The third kappa shape index (κ3) is 9.17. The summed E-state index contributed by atoms with van der Waals surface area (Å²) >= 11 is 0. The van der Waals surface area contributed by atoms with E-state index in [0.29, 0.717) is 77.2 Å². The first-order chi connectivity index (χ1) is 37.2. The molecule has 428 valence electrons. The quantitative estimate of drug-likeness (QED) is 0.318. The van der Waals surface area contributed by atoms with Gasteiger partial charge in [0.05, 0.1) is 135 Å². The molecule has 3 spiro atoms. The second-order valence-corrected chi connectivity index (χ2v) is 26.9. The first kappa shape index (κ1) is 52.3. The minimum atomic E-state index is -1.00. The fraction of sp³-hybridized carbons (Fsp3) is 0.915. The lowest BCUT2D eigenvalue weighted by atomic mass is 9.77. The summed E-state index contributed by atoms with van der Waals surface area (Å²) in [4.78, 5) is 14.6. The van der Waals surface area contributed by atoms with Gasteiger partial charge >= 0.3 is 0 Å². The van der Waals surface area contributed by atoms with E-state index >= 15 is 0 Å². The number of ether oxygens (including phenoxy) is 14. The van der Waals surface area contributed by atoms with Crippen LogP contribution in [-0.4, -0.2) is 192 Å². The Kier molecular flexibility index (Phi) is 13.4. The summed E-state index contributed by atoms with van der Waals surface area (Å²) < 4.78 is 96.4. The number of rotatable bonds is 4. The first-order valence-corrected chi connectivity index (χ1v) is 30.3. The number of aliphatic hydroxyl groups excluding tert-OH is 3. The smallest absolute Gasteiger partial charge is 0.177 e. The standard InChI is InChI=1S/C59H84O18/c1-27-13-34-5-7-39-28(2)14-36(65-39)9-12-59-37-26-64-54-55(52(37)76-59)70-41-8-6-35(67-53(41)56(54)77-59)17-32(61)15-31-16-45-46(68-43(31)19-42(66-34)30(27)4)21-47-49(69-45)23-58(73-47)24-50-40(72-58)10-11-57(75-50)22-29(3)51-48(74-57)20-44(71-51)38(63)18-33(62)25-60/h27,29,31,33-56,60,62-63H,2,4-26H2,1,3H3/t27-,29+,31-,33-,34+,35-,36+,37?,38+,39+,40+,41+,42-,43+,44+,45?,46+,47-,48+,49?,50+,51+,52?,53+,54-,55+,56+,57+,58-,59+/m1/s1. The minimum absolute atomic E-state index is 0.0310. The van der Waals surface area contributed by atoms with Gasteiger partial charge in [0.15, 0.2) is 17.4 Å². The van der Waals surface area contributed by atoms with E-state index in [2.05, 4.69) is 27.0 Å². The van der Waals surface area contributed by atoms with Gasteiger partial charge in [0.2, 0.25) is 0 Å². The van der Waals surface area contributed by atoms with Crippen LogP contribution in [0.3, 0.4) is 0 Å². The topological polar surface area (TPSA) is 207 Å². The Morgan fingerprint density at radius 1 is 0.558 bits per heavy atom. The van der Waals surface area contributed by atoms with Crippen molar-refractivity contribution in [3.8, 4) is 0 Å². The zero-order valence-electron chi connectivity index (χ0n) is 45.0. The molecule has 77 heavy (non-hydrogen) atoms. The van der Waals surface area contributed by atoms with Gasteiger partial charge in [-0.1, -0.05) is 27.0 Å². The summed E-state index contributed by atoms with van der Waals surface area (Å²) in [6.45, 7) is 13.7. The molecule has 0 aliphatic carbocycles. The van der Waals surface area contributed by atoms with E-state index in [1.54, 1.807) is 0 Å². The van der Waals surface area contributed by atoms with Gasteiger partial charge < -0.3 is 81.6 Å². The summed E-state index contributed by atoms with van der Waals surface area (Å²) in [6, 6.07) is 0. The molecule has 30 atom stereocenters. The maximum atomic E-state index is 14.6. The van der Waals surface area contributed by atoms with Crippen LogP contribution >= 0.6 is 0 Å². The molecule has 0 radical (unpaired) electrons. The van der Waals surface area contributed by atoms with Crippen LogP contribution in [0.2, 0.25) is 0 Å². The van der Waals surface area contributed by atoms with Crippen molar-refractivity contribution in [2.75, 3.05) is 13.2 Å². The molecule has 18 heteroatoms. The third-order valence-electron chi connectivity index (χ3n) is 21.8. The lowest BCUT2D eigenvalue weighted by Gasteiger charge is -2.56. The summed E-state index contributed by atoms with van der Waals surface area (Å²) in [5.41, 5.74) is 2.23. The number of hydrogen-bond acceptors (Lipinski definition) is 18. The highest BCUT2D eigenvalue weighted by molar-refractivity contribution is 5.79. The molecular formula is C59H84O18. The number of hydrogen-bond donors (Lipinski definition) is 3. The third-order valence-corrected chi connectivity index (χ3v) is 21.8. The molecule has 16 rings (SSSR count). The van der Waals surface area contributed by atoms with Crippen molar-refractivity contribution in [1.29, 1.82) is 0 Å². The Bertz CT molecular complexity index is 2270. The molecule has 16 aliphatic rings. The van der Waals surface area contributed by atoms with E-state index in [1.807, 2.05) is 0 Å². The largest absolute Gasteiger partial charge is 0.394 e. The number of aliphatic hydroxyl groups is 3. The molecule has 4 unspecified atom stereocenters. The molecule has 0 saturated carbocycles. The fourth-order valence-electron chi connectivity index (χ4n) is 17.9. The normalized spacial score (nSPS) is 56.5. The van der Waals surface area contributed by atoms with Crippen molar-refractivity contribution < 1.29 is 86.4 Å². The average molecular weight is 1080 g/mol. The molecule has 16 heterocycles. The fourth-order valence-corrected chi connectivity index (χ4v) is 17.9. The second-order valence-electron chi connectivity index (χ2n) is 26.9. The monoisotopic (exact) mass is 1080 g/mol. The average Bonchev–Trinajstić information content (AvgIpc) is 4.21. The number of Topliss-reactive ketones (excluding diaryl/α,β-unsaturated/α-hetero) is 1. The maximum absolute atomic E-state index is 14.6.